The molecule has 4 aliphatic heterocycles. The Hall–Kier alpha value is -6.23. The Morgan fingerprint density at radius 1 is 0.321 bits per heavy atom. The second-order valence-electron chi connectivity index (χ2n) is 20.0. The Morgan fingerprint density at radius 3 is 0.782 bits per heavy atom. The van der Waals surface area contributed by atoms with Gasteiger partial charge in [0.1, 0.15) is 0 Å². The molecule has 9 aromatic carbocycles. The smallest absolute Gasteiger partial charge is 0.367 e. The summed E-state index contributed by atoms with van der Waals surface area (Å²) in [6.45, 7) is -0.326. The van der Waals surface area contributed by atoms with Crippen molar-refractivity contribution in [1.29, 1.82) is 0 Å². The molecule has 0 fully saturated rings. The van der Waals surface area contributed by atoms with Crippen molar-refractivity contribution in [3.63, 3.8) is 0 Å². The molecule has 374 valence electrons. The van der Waals surface area contributed by atoms with Crippen molar-refractivity contribution in [3.8, 4) is 45.6 Å². The van der Waals surface area contributed by atoms with Crippen LogP contribution in [-0.2, 0) is 70.3 Å². The number of imidazole rings is 4. The molecule has 0 saturated heterocycles. The number of para-hydroxylation sites is 8. The second kappa shape index (κ2) is 18.1. The third-order valence-corrected chi connectivity index (χ3v) is 20.9. The Kier molecular flexibility index (Phi) is 11.4. The van der Waals surface area contributed by atoms with E-state index in [0.717, 1.165) is 112 Å². The maximum atomic E-state index is 5.19. The summed E-state index contributed by atoms with van der Waals surface area (Å²) in [6, 6.07) is 67.9. The van der Waals surface area contributed by atoms with Crippen molar-refractivity contribution in [1.82, 2.24) is 38.2 Å². The van der Waals surface area contributed by atoms with E-state index in [1.807, 2.05) is 47.0 Å². The van der Waals surface area contributed by atoms with Gasteiger partial charge in [0.25, 0.3) is 0 Å². The fraction of sp³-hybridized carbons (Fsp3) is 0.0645. The molecule has 16 heteroatoms. The molecule has 13 aromatic rings. The van der Waals surface area contributed by atoms with Gasteiger partial charge in [0.15, 0.2) is 0 Å². The number of aromatic nitrogens is 8. The van der Waals surface area contributed by atoms with Gasteiger partial charge in [0, 0.05) is 47.8 Å². The molecule has 0 aliphatic carbocycles. The zero-order chi connectivity index (χ0) is 50.2. The molecule has 0 unspecified atom stereocenters. The number of aryl methyl sites for hydroxylation is 4. The van der Waals surface area contributed by atoms with Crippen LogP contribution in [0, 0.1) is 24.3 Å². The molecule has 0 N–H and O–H groups in total. The Labute approximate surface area is 496 Å². The summed E-state index contributed by atoms with van der Waals surface area (Å²) in [7, 11) is 8.44. The molecule has 8 heterocycles. The zero-order valence-corrected chi connectivity index (χ0v) is 49.7. The summed E-state index contributed by atoms with van der Waals surface area (Å²) < 4.78 is 8.79. The van der Waals surface area contributed by atoms with E-state index in [0.29, 0.717) is 0 Å². The molecule has 0 spiro atoms. The molecule has 0 radical (unpaired) electrons. The predicted molar refractivity (Wildman–Crippen MR) is 312 cm³/mol. The average Bonchev–Trinajstić information content (AvgIpc) is 3.71. The Bertz CT molecular complexity index is 4180. The molecule has 0 bridgehead atoms. The molecule has 8 nitrogen and oxygen atoms in total. The van der Waals surface area contributed by atoms with E-state index in [4.69, 9.17) is 19.9 Å². The summed E-state index contributed by atoms with van der Waals surface area (Å²) in [5.74, 6) is 3.59. The van der Waals surface area contributed by atoms with E-state index in [9.17, 15) is 0 Å². The van der Waals surface area contributed by atoms with E-state index in [-0.39, 0.29) is 55.6 Å². The van der Waals surface area contributed by atoms with Crippen LogP contribution in [0.4, 0.5) is 0 Å². The van der Waals surface area contributed by atoms with Crippen LogP contribution in [0.25, 0.3) is 89.7 Å². The van der Waals surface area contributed by atoms with E-state index in [2.05, 4.69) is 216 Å². The van der Waals surface area contributed by atoms with Crippen molar-refractivity contribution < 1.29 is 42.1 Å². The van der Waals surface area contributed by atoms with Gasteiger partial charge in [-0.05, 0) is 59.5 Å². The number of hydrogen-bond donors (Lipinski definition) is 0. The molecule has 17 rings (SSSR count). The SMILES string of the molecule is Cn1c(-c2[c-]c3c(cc2)Sc2c4c5c(c6c2B3c2[c-]c(-c3nc7ccccc7n3C)ccc2S6)Sc2ccc(-c3nc6ccccc6n3C)[c-]c2B5c2[c-]c(-c3nc5ccccc5n3C)ccc2S4)nc2ccccc21.[Pt+2].[Pt+2]. The van der Waals surface area contributed by atoms with Gasteiger partial charge in [-0.2, -0.15) is 0 Å². The monoisotopic (exact) mass is 1430 g/mol. The molecule has 4 aromatic heterocycles. The van der Waals surface area contributed by atoms with Crippen LogP contribution in [0.3, 0.4) is 0 Å². The van der Waals surface area contributed by atoms with Crippen LogP contribution >= 0.6 is 47.0 Å². The van der Waals surface area contributed by atoms with Gasteiger partial charge in [-0.1, -0.05) is 68.1 Å². The first kappa shape index (κ1) is 48.9. The molecule has 78 heavy (non-hydrogen) atoms. The van der Waals surface area contributed by atoms with Crippen molar-refractivity contribution in [3.05, 3.63) is 170 Å². The summed E-state index contributed by atoms with van der Waals surface area (Å²) in [5.41, 5.74) is 19.4. The molecular weight excluding hydrogens is 1400 g/mol. The first-order valence-corrected chi connectivity index (χ1v) is 28.4. The van der Waals surface area contributed by atoms with Crippen molar-refractivity contribution in [2.24, 2.45) is 28.2 Å². The maximum absolute atomic E-state index is 5.19. The number of benzene rings is 9. The van der Waals surface area contributed by atoms with Gasteiger partial charge >= 0.3 is 42.1 Å². The van der Waals surface area contributed by atoms with Gasteiger partial charge in [-0.15, -0.1) is 164 Å². The zero-order valence-electron chi connectivity index (χ0n) is 41.9. The summed E-state index contributed by atoms with van der Waals surface area (Å²) in [4.78, 5) is 30.7. The summed E-state index contributed by atoms with van der Waals surface area (Å²) >= 11 is 7.56. The maximum Gasteiger partial charge on any atom is 2.00 e. The minimum absolute atomic E-state index is 0. The van der Waals surface area contributed by atoms with E-state index in [1.54, 1.807) is 0 Å². The number of nitrogens with zero attached hydrogens (tertiary/aromatic N) is 8. The molecular formula is C62H36B2N8Pt2S4. The van der Waals surface area contributed by atoms with Crippen molar-refractivity contribution in [2.75, 3.05) is 0 Å². The van der Waals surface area contributed by atoms with Gasteiger partial charge in [-0.25, -0.2) is 0 Å². The molecule has 0 saturated carbocycles. The summed E-state index contributed by atoms with van der Waals surface area (Å²) in [5, 5.41) is 0. The fourth-order valence-corrected chi connectivity index (χ4v) is 17.5. The molecule has 0 atom stereocenters. The van der Waals surface area contributed by atoms with Crippen LogP contribution in [0.5, 0.6) is 0 Å². The second-order valence-corrected chi connectivity index (χ2v) is 24.2. The average molecular weight is 1430 g/mol. The third-order valence-electron chi connectivity index (χ3n) is 15.8. The van der Waals surface area contributed by atoms with Crippen LogP contribution in [0.1, 0.15) is 0 Å². The fourth-order valence-electron chi connectivity index (χ4n) is 12.2. The largest absolute Gasteiger partial charge is 2.00 e. The van der Waals surface area contributed by atoms with Gasteiger partial charge in [-0.3, -0.25) is 19.9 Å². The van der Waals surface area contributed by atoms with Crippen LogP contribution < -0.4 is 32.8 Å². The van der Waals surface area contributed by atoms with E-state index in [1.165, 1.54) is 50.1 Å². The van der Waals surface area contributed by atoms with E-state index < -0.39 is 0 Å². The van der Waals surface area contributed by atoms with Crippen LogP contribution in [0.2, 0.25) is 0 Å². The van der Waals surface area contributed by atoms with Crippen molar-refractivity contribution >= 4 is 137 Å². The number of hydrogen-bond acceptors (Lipinski definition) is 8. The molecule has 4 aliphatic rings. The Balaban J connectivity index is 0.00000264. The first-order chi connectivity index (χ1) is 37.3. The van der Waals surface area contributed by atoms with Crippen molar-refractivity contribution in [2.45, 2.75) is 39.2 Å². The first-order valence-electron chi connectivity index (χ1n) is 25.2. The quantitative estimate of drug-likeness (QED) is 0.128. The topological polar surface area (TPSA) is 71.3 Å². The van der Waals surface area contributed by atoms with Gasteiger partial charge in [0.2, 0.25) is 13.4 Å². The minimum atomic E-state index is -0.163. The number of fused-ring (bicyclic) bond motifs is 14. The van der Waals surface area contributed by atoms with Gasteiger partial charge in [0.05, 0.1) is 67.4 Å². The van der Waals surface area contributed by atoms with Gasteiger partial charge < -0.3 is 18.3 Å². The Morgan fingerprint density at radius 2 is 0.551 bits per heavy atom. The van der Waals surface area contributed by atoms with Crippen LogP contribution in [0.15, 0.2) is 185 Å². The predicted octanol–water partition coefficient (Wildman–Crippen LogP) is 9.99. The third kappa shape index (κ3) is 6.96. The van der Waals surface area contributed by atoms with E-state index >= 15 is 0 Å². The number of rotatable bonds is 4. The minimum Gasteiger partial charge on any atom is -0.367 e. The van der Waals surface area contributed by atoms with Crippen LogP contribution in [-0.4, -0.2) is 51.6 Å². The molecule has 0 amide bonds. The normalized spacial score (nSPS) is 13.4. The summed E-state index contributed by atoms with van der Waals surface area (Å²) in [6.07, 6.45) is 0. The standard InChI is InChI=1S/C62H36B2N8S4.2Pt/c1-69-45-17-9-5-13-41(45)65-59(69)33-21-25-49-37(29-33)63-38-30-34(60-66-42-14-6-10-18-46(42)70(60)2)22-26-50(38)74-56-53(63)55(73-49)57-54-58(56)76-52-28-24-36(62-68-44-16-8-12-20-48(44)72(62)4)32-40(52)64(54)39-31-35(23-27-51(39)75-57)61-67-43-15-7-11-19-47(43)71(61)3;;/h5-28H,1-4H3;;/q-4;2*+2.